The van der Waals surface area contributed by atoms with E-state index in [9.17, 15) is 21.6 Å². The van der Waals surface area contributed by atoms with Gasteiger partial charge < -0.3 is 9.84 Å². The Hall–Kier alpha value is -1.85. The summed E-state index contributed by atoms with van der Waals surface area (Å²) in [6.07, 6.45) is 0. The van der Waals surface area contributed by atoms with E-state index in [4.69, 9.17) is 9.84 Å². The van der Waals surface area contributed by atoms with Crippen LogP contribution in [-0.2, 0) is 24.8 Å². The number of benzene rings is 1. The Morgan fingerprint density at radius 3 is 2.39 bits per heavy atom. The first-order chi connectivity index (χ1) is 10.5. The number of carbonyl (C=O) groups is 1. The fourth-order valence-electron chi connectivity index (χ4n) is 1.55. The van der Waals surface area contributed by atoms with Gasteiger partial charge in [0.15, 0.2) is 0 Å². The van der Waals surface area contributed by atoms with E-state index in [1.54, 1.807) is 0 Å². The molecule has 0 heterocycles. The summed E-state index contributed by atoms with van der Waals surface area (Å²) in [7, 11) is -6.46. The summed E-state index contributed by atoms with van der Waals surface area (Å²) in [4.78, 5) is 10.5. The number of hydrogen-bond acceptors (Lipinski definition) is 6. The highest BCUT2D eigenvalue weighted by Gasteiger charge is 2.25. The summed E-state index contributed by atoms with van der Waals surface area (Å²) in [6, 6.07) is 2.25. The third kappa shape index (κ3) is 5.08. The standard InChI is InChI=1S/C12H18N2O7S2/c1-4-22(17,18)14-9-5-6-11(10(7-9)21-3)23(19,20)13-8(2)12(15)16/h5-8,13-14H,4H2,1-3H3,(H,15,16)/t8-/m1/s1. The second-order valence-corrected chi connectivity index (χ2v) is 8.25. The van der Waals surface area contributed by atoms with Gasteiger partial charge >= 0.3 is 5.97 Å². The van der Waals surface area contributed by atoms with Crippen LogP contribution in [0.1, 0.15) is 13.8 Å². The summed E-state index contributed by atoms with van der Waals surface area (Å²) in [5.74, 6) is -1.60. The molecule has 0 unspecified atom stereocenters. The molecule has 1 rings (SSSR count). The molecule has 0 saturated heterocycles. The third-order valence-electron chi connectivity index (χ3n) is 2.81. The maximum atomic E-state index is 12.2. The average molecular weight is 366 g/mol. The lowest BCUT2D eigenvalue weighted by atomic mass is 10.3. The first-order valence-electron chi connectivity index (χ1n) is 6.46. The molecular formula is C12H18N2O7S2. The van der Waals surface area contributed by atoms with Gasteiger partial charge in [0, 0.05) is 6.07 Å². The molecule has 3 N–H and O–H groups in total. The summed E-state index contributed by atoms with van der Waals surface area (Å²) in [6.45, 7) is 2.63. The number of ether oxygens (including phenoxy) is 1. The van der Waals surface area contributed by atoms with E-state index in [0.717, 1.165) is 6.07 Å². The van der Waals surface area contributed by atoms with Crippen molar-refractivity contribution in [2.75, 3.05) is 17.6 Å². The molecule has 1 atom stereocenters. The van der Waals surface area contributed by atoms with Crippen LogP contribution in [-0.4, -0.2) is 46.8 Å². The van der Waals surface area contributed by atoms with Gasteiger partial charge in [0.1, 0.15) is 16.7 Å². The highest BCUT2D eigenvalue weighted by molar-refractivity contribution is 7.92. The molecule has 0 aliphatic heterocycles. The number of nitrogens with one attached hydrogen (secondary N) is 2. The van der Waals surface area contributed by atoms with Crippen molar-refractivity contribution in [2.24, 2.45) is 0 Å². The van der Waals surface area contributed by atoms with Gasteiger partial charge in [0.25, 0.3) is 0 Å². The maximum Gasteiger partial charge on any atom is 0.321 e. The fourth-order valence-corrected chi connectivity index (χ4v) is 3.53. The summed E-state index contributed by atoms with van der Waals surface area (Å²) < 4.78 is 56.6. The van der Waals surface area contributed by atoms with Gasteiger partial charge in [-0.1, -0.05) is 0 Å². The van der Waals surface area contributed by atoms with Crippen molar-refractivity contribution in [2.45, 2.75) is 24.8 Å². The second kappa shape index (κ2) is 7.15. The zero-order chi connectivity index (χ0) is 17.8. The topological polar surface area (TPSA) is 139 Å². The van der Waals surface area contributed by atoms with E-state index >= 15 is 0 Å². The number of carboxylic acids is 1. The van der Waals surface area contributed by atoms with Gasteiger partial charge in [-0.15, -0.1) is 0 Å². The second-order valence-electron chi connectivity index (χ2n) is 4.55. The molecule has 1 aromatic rings. The van der Waals surface area contributed by atoms with Gasteiger partial charge in [0.2, 0.25) is 20.0 Å². The maximum absolute atomic E-state index is 12.2. The molecule has 1 aromatic carbocycles. The van der Waals surface area contributed by atoms with E-state index < -0.39 is 32.1 Å². The summed E-state index contributed by atoms with van der Waals surface area (Å²) in [5.41, 5.74) is 0.133. The summed E-state index contributed by atoms with van der Waals surface area (Å²) in [5, 5.41) is 8.78. The summed E-state index contributed by atoms with van der Waals surface area (Å²) >= 11 is 0. The van der Waals surface area contributed by atoms with E-state index in [1.807, 2.05) is 4.72 Å². The highest BCUT2D eigenvalue weighted by Crippen LogP contribution is 2.27. The lowest BCUT2D eigenvalue weighted by molar-refractivity contribution is -0.138. The van der Waals surface area contributed by atoms with Gasteiger partial charge in [-0.2, -0.15) is 4.72 Å². The van der Waals surface area contributed by atoms with Gasteiger partial charge in [-0.3, -0.25) is 9.52 Å². The number of hydrogen-bond donors (Lipinski definition) is 3. The largest absolute Gasteiger partial charge is 0.495 e. The molecule has 0 spiro atoms. The van der Waals surface area contributed by atoms with Crippen LogP contribution in [0.4, 0.5) is 5.69 Å². The van der Waals surface area contributed by atoms with E-state index in [-0.39, 0.29) is 22.1 Å². The Balaban J connectivity index is 3.21. The van der Waals surface area contributed by atoms with Gasteiger partial charge in [-0.25, -0.2) is 16.8 Å². The molecule has 23 heavy (non-hydrogen) atoms. The lowest BCUT2D eigenvalue weighted by Crippen LogP contribution is -2.38. The molecule has 0 saturated carbocycles. The number of rotatable bonds is 8. The average Bonchev–Trinajstić information content (AvgIpc) is 2.45. The van der Waals surface area contributed by atoms with Crippen molar-refractivity contribution >= 4 is 31.7 Å². The van der Waals surface area contributed by atoms with Gasteiger partial charge in [0.05, 0.1) is 18.6 Å². The molecule has 0 aromatic heterocycles. The van der Waals surface area contributed by atoms with Crippen LogP contribution in [0.3, 0.4) is 0 Å². The molecule has 130 valence electrons. The zero-order valence-electron chi connectivity index (χ0n) is 12.7. The van der Waals surface area contributed by atoms with Crippen LogP contribution in [0.25, 0.3) is 0 Å². The molecule has 9 nitrogen and oxygen atoms in total. The van der Waals surface area contributed by atoms with Crippen LogP contribution in [0, 0.1) is 0 Å². The minimum absolute atomic E-state index is 0.119. The molecule has 0 fully saturated rings. The number of carboxylic acid groups (broad SMARTS) is 1. The Labute approximate surface area is 134 Å². The Morgan fingerprint density at radius 1 is 1.30 bits per heavy atom. The van der Waals surface area contributed by atoms with Crippen molar-refractivity contribution in [1.82, 2.24) is 4.72 Å². The van der Waals surface area contributed by atoms with E-state index in [0.29, 0.717) is 0 Å². The van der Waals surface area contributed by atoms with E-state index in [1.165, 1.54) is 33.1 Å². The zero-order valence-corrected chi connectivity index (χ0v) is 14.4. The van der Waals surface area contributed by atoms with Crippen molar-refractivity contribution in [1.29, 1.82) is 0 Å². The molecule has 0 aliphatic carbocycles. The van der Waals surface area contributed by atoms with Gasteiger partial charge in [-0.05, 0) is 26.0 Å². The van der Waals surface area contributed by atoms with Crippen LogP contribution in [0.5, 0.6) is 5.75 Å². The Bertz CT molecular complexity index is 788. The monoisotopic (exact) mass is 366 g/mol. The van der Waals surface area contributed by atoms with Crippen molar-refractivity contribution in [3.05, 3.63) is 18.2 Å². The van der Waals surface area contributed by atoms with Crippen LogP contribution < -0.4 is 14.2 Å². The highest BCUT2D eigenvalue weighted by atomic mass is 32.2. The predicted molar refractivity (Wildman–Crippen MR) is 83.5 cm³/mol. The number of anilines is 1. The Morgan fingerprint density at radius 2 is 1.91 bits per heavy atom. The van der Waals surface area contributed by atoms with E-state index in [2.05, 4.69) is 4.72 Å². The molecule has 0 amide bonds. The minimum atomic E-state index is -4.15. The molecule has 0 aliphatic rings. The lowest BCUT2D eigenvalue weighted by Gasteiger charge is -2.14. The number of methoxy groups -OCH3 is 1. The normalized spacial score (nSPS) is 13.3. The van der Waals surface area contributed by atoms with Crippen LogP contribution >= 0.6 is 0 Å². The van der Waals surface area contributed by atoms with Crippen molar-refractivity contribution < 1.29 is 31.5 Å². The number of aliphatic carboxylic acids is 1. The third-order valence-corrected chi connectivity index (χ3v) is 5.70. The molecule has 0 bridgehead atoms. The Kier molecular flexibility index (Phi) is 5.97. The smallest absolute Gasteiger partial charge is 0.321 e. The molecule has 11 heteroatoms. The first-order valence-corrected chi connectivity index (χ1v) is 9.59. The number of sulfonamides is 2. The fraction of sp³-hybridized carbons (Fsp3) is 0.417. The van der Waals surface area contributed by atoms with Crippen LogP contribution in [0.15, 0.2) is 23.1 Å². The van der Waals surface area contributed by atoms with Crippen LogP contribution in [0.2, 0.25) is 0 Å². The SMILES string of the molecule is CCS(=O)(=O)Nc1ccc(S(=O)(=O)N[C@H](C)C(=O)O)c(OC)c1. The molecular weight excluding hydrogens is 348 g/mol. The predicted octanol–water partition coefficient (Wildman–Crippen LogP) is 0.208. The van der Waals surface area contributed by atoms with Crippen molar-refractivity contribution in [3.8, 4) is 5.75 Å². The quantitative estimate of drug-likeness (QED) is 0.597. The molecule has 0 radical (unpaired) electrons. The minimum Gasteiger partial charge on any atom is -0.495 e. The van der Waals surface area contributed by atoms with Crippen molar-refractivity contribution in [3.63, 3.8) is 0 Å². The first kappa shape index (κ1) is 19.2.